The first-order valence-electron chi connectivity index (χ1n) is 9.60. The molecule has 160 valence electrons. The number of guanidine groups is 1. The summed E-state index contributed by atoms with van der Waals surface area (Å²) in [5.41, 5.74) is 1.12. The van der Waals surface area contributed by atoms with Crippen molar-refractivity contribution in [2.45, 2.75) is 23.6 Å². The van der Waals surface area contributed by atoms with Crippen LogP contribution < -0.4 is 15.4 Å². The summed E-state index contributed by atoms with van der Waals surface area (Å²) < 4.78 is 5.93. The molecule has 2 N–H and O–H groups in total. The van der Waals surface area contributed by atoms with Crippen LogP contribution in [-0.4, -0.2) is 56.9 Å². The molecule has 0 aromatic heterocycles. The van der Waals surface area contributed by atoms with Gasteiger partial charge in [-0.2, -0.15) is 0 Å². The average molecular weight is 529 g/mol. The molecule has 2 rings (SSSR count). The fourth-order valence-corrected chi connectivity index (χ4v) is 3.49. The fourth-order valence-electron chi connectivity index (χ4n) is 2.54. The third-order valence-electron chi connectivity index (χ3n) is 4.08. The van der Waals surface area contributed by atoms with Crippen LogP contribution in [0.4, 0.5) is 0 Å². The second-order valence-corrected chi connectivity index (χ2v) is 8.32. The van der Waals surface area contributed by atoms with Gasteiger partial charge in [0.15, 0.2) is 5.96 Å². The molecule has 5 nitrogen and oxygen atoms in total. The van der Waals surface area contributed by atoms with Gasteiger partial charge < -0.3 is 20.3 Å². The molecule has 0 spiro atoms. The largest absolute Gasteiger partial charge is 0.492 e. The molecule has 2 aromatic carbocycles. The second-order valence-electron chi connectivity index (χ2n) is 6.81. The van der Waals surface area contributed by atoms with Crippen molar-refractivity contribution in [3.63, 3.8) is 0 Å². The van der Waals surface area contributed by atoms with Crippen molar-refractivity contribution in [1.29, 1.82) is 0 Å². The van der Waals surface area contributed by atoms with Crippen LogP contribution >= 0.6 is 35.7 Å². The minimum Gasteiger partial charge on any atom is -0.492 e. The van der Waals surface area contributed by atoms with E-state index in [1.54, 1.807) is 7.05 Å². The molecule has 7 heteroatoms. The van der Waals surface area contributed by atoms with Gasteiger partial charge in [-0.05, 0) is 32.3 Å². The van der Waals surface area contributed by atoms with Gasteiger partial charge in [0.2, 0.25) is 0 Å². The monoisotopic (exact) mass is 528 g/mol. The SMILES string of the molecule is CN=C(NCc1ccccc1OCCN(C)C)NCC(C)Sc1ccccc1.I. The number of hydrogen-bond donors (Lipinski definition) is 2. The van der Waals surface area contributed by atoms with Gasteiger partial charge in [0.25, 0.3) is 0 Å². The molecule has 0 fully saturated rings. The van der Waals surface area contributed by atoms with E-state index < -0.39 is 0 Å². The van der Waals surface area contributed by atoms with E-state index in [4.69, 9.17) is 4.74 Å². The highest BCUT2D eigenvalue weighted by molar-refractivity contribution is 14.0. The number of rotatable bonds is 10. The molecule has 0 saturated heterocycles. The standard InChI is InChI=1S/C22H32N4OS.HI/c1-18(28-20-11-6-5-7-12-20)16-24-22(23-2)25-17-19-10-8-9-13-21(19)27-15-14-26(3)4;/h5-13,18H,14-17H2,1-4H3,(H2,23,24,25);1H. The maximum Gasteiger partial charge on any atom is 0.191 e. The molecule has 0 bridgehead atoms. The van der Waals surface area contributed by atoms with Crippen LogP contribution in [0.2, 0.25) is 0 Å². The Balaban J connectivity index is 0.00000420. The zero-order valence-corrected chi connectivity index (χ0v) is 20.9. The molecule has 0 aliphatic heterocycles. The van der Waals surface area contributed by atoms with E-state index in [9.17, 15) is 0 Å². The number of thioether (sulfide) groups is 1. The summed E-state index contributed by atoms with van der Waals surface area (Å²) in [6.45, 7) is 5.28. The maximum atomic E-state index is 5.93. The van der Waals surface area contributed by atoms with E-state index in [0.29, 0.717) is 18.4 Å². The summed E-state index contributed by atoms with van der Waals surface area (Å²) in [4.78, 5) is 7.73. The Hall–Kier alpha value is -1.45. The number of halogens is 1. The molecule has 29 heavy (non-hydrogen) atoms. The smallest absolute Gasteiger partial charge is 0.191 e. The highest BCUT2D eigenvalue weighted by Crippen LogP contribution is 2.22. The van der Waals surface area contributed by atoms with Crippen LogP contribution in [-0.2, 0) is 6.54 Å². The van der Waals surface area contributed by atoms with Gasteiger partial charge in [0.05, 0.1) is 0 Å². The van der Waals surface area contributed by atoms with Gasteiger partial charge in [-0.25, -0.2) is 0 Å². The summed E-state index contributed by atoms with van der Waals surface area (Å²) in [7, 11) is 5.89. The highest BCUT2D eigenvalue weighted by atomic mass is 127. The van der Waals surface area contributed by atoms with E-state index in [1.165, 1.54) is 4.90 Å². The minimum atomic E-state index is 0. The molecule has 0 heterocycles. The zero-order chi connectivity index (χ0) is 20.2. The summed E-state index contributed by atoms with van der Waals surface area (Å²) in [5, 5.41) is 7.22. The minimum absolute atomic E-state index is 0. The molecule has 0 aliphatic rings. The lowest BCUT2D eigenvalue weighted by atomic mass is 10.2. The Kier molecular flexibility index (Phi) is 12.8. The third-order valence-corrected chi connectivity index (χ3v) is 5.19. The number of nitrogens with one attached hydrogen (secondary N) is 2. The predicted octanol–water partition coefficient (Wildman–Crippen LogP) is 4.09. The lowest BCUT2D eigenvalue weighted by Gasteiger charge is -2.17. The number of aliphatic imine (C=N–C) groups is 1. The van der Waals surface area contributed by atoms with Gasteiger partial charge in [0, 0.05) is 42.4 Å². The van der Waals surface area contributed by atoms with Crippen molar-refractivity contribution >= 4 is 41.7 Å². The van der Waals surface area contributed by atoms with E-state index in [2.05, 4.69) is 57.8 Å². The Morgan fingerprint density at radius 1 is 1.07 bits per heavy atom. The van der Waals surface area contributed by atoms with E-state index in [-0.39, 0.29) is 24.0 Å². The van der Waals surface area contributed by atoms with Crippen molar-refractivity contribution in [1.82, 2.24) is 15.5 Å². The molecule has 1 unspecified atom stereocenters. The predicted molar refractivity (Wildman–Crippen MR) is 136 cm³/mol. The summed E-state index contributed by atoms with van der Waals surface area (Å²) >= 11 is 1.86. The molecule has 0 saturated carbocycles. The highest BCUT2D eigenvalue weighted by Gasteiger charge is 2.08. The van der Waals surface area contributed by atoms with Gasteiger partial charge in [0.1, 0.15) is 12.4 Å². The van der Waals surface area contributed by atoms with E-state index in [1.807, 2.05) is 50.1 Å². The van der Waals surface area contributed by atoms with Crippen LogP contribution in [0.5, 0.6) is 5.75 Å². The Morgan fingerprint density at radius 3 is 2.45 bits per heavy atom. The number of para-hydroxylation sites is 1. The lowest BCUT2D eigenvalue weighted by Crippen LogP contribution is -2.39. The Labute approximate surface area is 196 Å². The third kappa shape index (κ3) is 10.2. The van der Waals surface area contributed by atoms with Crippen LogP contribution in [0.25, 0.3) is 0 Å². The van der Waals surface area contributed by atoms with Crippen molar-refractivity contribution in [2.24, 2.45) is 4.99 Å². The first-order valence-corrected chi connectivity index (χ1v) is 10.5. The number of hydrogen-bond acceptors (Lipinski definition) is 4. The van der Waals surface area contributed by atoms with Crippen molar-refractivity contribution in [3.8, 4) is 5.75 Å². The first kappa shape index (κ1) is 25.6. The molecular weight excluding hydrogens is 495 g/mol. The Bertz CT molecular complexity index is 728. The number of likely N-dealkylation sites (N-methyl/N-ethyl adjacent to an activating group) is 1. The number of ether oxygens (including phenoxy) is 1. The quantitative estimate of drug-likeness (QED) is 0.211. The molecule has 0 aliphatic carbocycles. The Morgan fingerprint density at radius 2 is 1.76 bits per heavy atom. The van der Waals surface area contributed by atoms with Gasteiger partial charge in [-0.3, -0.25) is 4.99 Å². The first-order chi connectivity index (χ1) is 13.6. The zero-order valence-electron chi connectivity index (χ0n) is 17.7. The van der Waals surface area contributed by atoms with Crippen molar-refractivity contribution < 1.29 is 4.74 Å². The molecule has 2 aromatic rings. The fraction of sp³-hybridized carbons (Fsp3) is 0.409. The van der Waals surface area contributed by atoms with Crippen molar-refractivity contribution in [2.75, 3.05) is 40.8 Å². The molecule has 0 amide bonds. The lowest BCUT2D eigenvalue weighted by molar-refractivity contribution is 0.259. The van der Waals surface area contributed by atoms with Gasteiger partial charge in [-0.15, -0.1) is 35.7 Å². The normalized spacial score (nSPS) is 12.2. The van der Waals surface area contributed by atoms with E-state index >= 15 is 0 Å². The van der Waals surface area contributed by atoms with E-state index in [0.717, 1.165) is 30.4 Å². The molecule has 1 atom stereocenters. The van der Waals surface area contributed by atoms with Gasteiger partial charge >= 0.3 is 0 Å². The van der Waals surface area contributed by atoms with Crippen LogP contribution in [0.1, 0.15) is 12.5 Å². The molecular formula is C22H33IN4OS. The summed E-state index contributed by atoms with van der Waals surface area (Å²) in [6.07, 6.45) is 0. The number of benzene rings is 2. The maximum absolute atomic E-state index is 5.93. The summed E-state index contributed by atoms with van der Waals surface area (Å²) in [5.74, 6) is 1.71. The summed E-state index contributed by atoms with van der Waals surface area (Å²) in [6, 6.07) is 18.6. The molecule has 0 radical (unpaired) electrons. The number of nitrogens with zero attached hydrogens (tertiary/aromatic N) is 2. The van der Waals surface area contributed by atoms with Gasteiger partial charge in [-0.1, -0.05) is 43.3 Å². The van der Waals surface area contributed by atoms with Crippen LogP contribution in [0.3, 0.4) is 0 Å². The van der Waals surface area contributed by atoms with Crippen LogP contribution in [0, 0.1) is 0 Å². The average Bonchev–Trinajstić information content (AvgIpc) is 2.69. The topological polar surface area (TPSA) is 48.9 Å². The van der Waals surface area contributed by atoms with Crippen molar-refractivity contribution in [3.05, 3.63) is 60.2 Å². The van der Waals surface area contributed by atoms with Crippen LogP contribution in [0.15, 0.2) is 64.5 Å². The second kappa shape index (κ2) is 14.5.